The number of nitrogens with zero attached hydrogens (tertiary/aromatic N) is 2. The molecule has 0 fully saturated rings. The zero-order valence-corrected chi connectivity index (χ0v) is 38.6. The highest BCUT2D eigenvalue weighted by molar-refractivity contribution is 7.00. The predicted molar refractivity (Wildman–Crippen MR) is 253 cm³/mol. The van der Waals surface area contributed by atoms with Crippen molar-refractivity contribution >= 4 is 57.2 Å². The molecule has 300 valence electrons. The molecule has 0 aromatic heterocycles. The first-order chi connectivity index (χ1) is 26.8. The van der Waals surface area contributed by atoms with Gasteiger partial charge < -0.3 is 9.80 Å². The van der Waals surface area contributed by atoms with Gasteiger partial charge in [0.05, 0.1) is 0 Å². The van der Waals surface area contributed by atoms with Crippen molar-refractivity contribution < 1.29 is 0 Å². The van der Waals surface area contributed by atoms with Crippen molar-refractivity contribution in [2.24, 2.45) is 0 Å². The van der Waals surface area contributed by atoms with Gasteiger partial charge in [-0.15, -0.1) is 0 Å². The molecule has 3 heteroatoms. The second-order valence-electron chi connectivity index (χ2n) is 23.5. The average molecular weight is 767 g/mol. The van der Waals surface area contributed by atoms with Crippen LogP contribution in [0.3, 0.4) is 0 Å². The summed E-state index contributed by atoms with van der Waals surface area (Å²) in [5, 5.41) is 0. The molecule has 5 aromatic carbocycles. The molecule has 0 N–H and O–H groups in total. The van der Waals surface area contributed by atoms with Gasteiger partial charge in [-0.2, -0.15) is 0 Å². The summed E-state index contributed by atoms with van der Waals surface area (Å²) in [5.41, 5.74) is 24.0. The quantitative estimate of drug-likeness (QED) is 0.162. The maximum atomic E-state index is 2.71. The number of fused-ring (bicyclic) bond motifs is 6. The number of aryl methyl sites for hydroxylation is 2. The van der Waals surface area contributed by atoms with Crippen LogP contribution in [0.5, 0.6) is 0 Å². The lowest BCUT2D eigenvalue weighted by Crippen LogP contribution is -2.61. The van der Waals surface area contributed by atoms with E-state index in [0.717, 1.165) is 6.42 Å². The lowest BCUT2D eigenvalue weighted by atomic mass is 9.33. The second-order valence-corrected chi connectivity index (χ2v) is 23.5. The van der Waals surface area contributed by atoms with Gasteiger partial charge in [0.15, 0.2) is 0 Å². The van der Waals surface area contributed by atoms with E-state index in [0.29, 0.717) is 0 Å². The van der Waals surface area contributed by atoms with Crippen LogP contribution in [0.1, 0.15) is 161 Å². The Hall–Kier alpha value is -4.24. The summed E-state index contributed by atoms with van der Waals surface area (Å²) in [7, 11) is 0. The van der Waals surface area contributed by atoms with E-state index in [1.807, 2.05) is 0 Å². The Morgan fingerprint density at radius 3 is 1.53 bits per heavy atom. The Bertz CT molecular complexity index is 2530. The monoisotopic (exact) mass is 767 g/mol. The summed E-state index contributed by atoms with van der Waals surface area (Å²) in [6.45, 7) is 38.5. The maximum absolute atomic E-state index is 2.71. The standard InChI is InChI=1S/C55H67BN2/c1-33-25-47-49-48(26-33)58(45-30-40-38(27-34(45)2)52(9,10)23-24-53(40,11)12)46-31-41-39(54(13,14)32-55(41,15)16)29-43(46)56(49)42-28-36(51(6,7)8)19-22-44(42)57(47)37-20-17-35(18-21-37)50(3,4)5/h17-22,25-31H,23-24,32H2,1-16H3. The second kappa shape index (κ2) is 12.2. The number of hydrogen-bond donors (Lipinski definition) is 0. The van der Waals surface area contributed by atoms with Crippen LogP contribution in [0.25, 0.3) is 0 Å². The minimum atomic E-state index is 0.0128. The molecular formula is C55H67BN2. The summed E-state index contributed by atoms with van der Waals surface area (Å²) in [4.78, 5) is 5.30. The molecule has 0 atom stereocenters. The van der Waals surface area contributed by atoms with Crippen molar-refractivity contribution in [1.29, 1.82) is 0 Å². The molecule has 2 aliphatic heterocycles. The minimum Gasteiger partial charge on any atom is -0.311 e. The molecule has 0 amide bonds. The zero-order valence-electron chi connectivity index (χ0n) is 38.6. The summed E-state index contributed by atoms with van der Waals surface area (Å²) >= 11 is 0. The van der Waals surface area contributed by atoms with Crippen LogP contribution < -0.4 is 26.2 Å². The molecule has 9 rings (SSSR count). The van der Waals surface area contributed by atoms with Crippen LogP contribution in [0.15, 0.2) is 78.9 Å². The first kappa shape index (κ1) is 39.2. The van der Waals surface area contributed by atoms with Crippen LogP contribution in [-0.4, -0.2) is 6.71 Å². The first-order valence-corrected chi connectivity index (χ1v) is 22.1. The third-order valence-electron chi connectivity index (χ3n) is 15.0. The van der Waals surface area contributed by atoms with E-state index >= 15 is 0 Å². The summed E-state index contributed by atoms with van der Waals surface area (Å²) < 4.78 is 0. The molecule has 0 saturated heterocycles. The summed E-state index contributed by atoms with van der Waals surface area (Å²) in [5.74, 6) is 0. The van der Waals surface area contributed by atoms with Gasteiger partial charge in [-0.1, -0.05) is 133 Å². The highest BCUT2D eigenvalue weighted by Crippen LogP contribution is 2.54. The molecule has 2 nitrogen and oxygen atoms in total. The molecule has 2 heterocycles. The van der Waals surface area contributed by atoms with Crippen molar-refractivity contribution in [3.8, 4) is 0 Å². The van der Waals surface area contributed by atoms with Crippen LogP contribution in [0.2, 0.25) is 0 Å². The lowest BCUT2D eigenvalue weighted by Gasteiger charge is -2.46. The Kier molecular flexibility index (Phi) is 8.24. The number of hydrogen-bond acceptors (Lipinski definition) is 2. The third-order valence-corrected chi connectivity index (χ3v) is 15.0. The van der Waals surface area contributed by atoms with Crippen molar-refractivity contribution in [3.63, 3.8) is 0 Å². The number of rotatable bonds is 2. The molecular weight excluding hydrogens is 699 g/mol. The number of benzene rings is 5. The Balaban J connectivity index is 1.41. The Morgan fingerprint density at radius 1 is 0.466 bits per heavy atom. The fourth-order valence-electron chi connectivity index (χ4n) is 11.7. The van der Waals surface area contributed by atoms with E-state index < -0.39 is 0 Å². The SMILES string of the molecule is Cc1cc2c3c(c1)N(c1cc4c(cc1C)C(C)(C)CCC4(C)C)c1cc4c(cc1B3c1cc(C(C)(C)C)ccc1N2c1ccc(C(C)(C)C)cc1)C(C)(C)CC4(C)C. The van der Waals surface area contributed by atoms with E-state index in [-0.39, 0.29) is 39.2 Å². The highest BCUT2D eigenvalue weighted by atomic mass is 15.2. The molecule has 2 aliphatic carbocycles. The largest absolute Gasteiger partial charge is 0.311 e. The average Bonchev–Trinajstić information content (AvgIpc) is 3.30. The van der Waals surface area contributed by atoms with Crippen LogP contribution in [0.4, 0.5) is 34.1 Å². The van der Waals surface area contributed by atoms with E-state index in [2.05, 4.69) is 199 Å². The first-order valence-electron chi connectivity index (χ1n) is 22.1. The van der Waals surface area contributed by atoms with Gasteiger partial charge >= 0.3 is 0 Å². The molecule has 5 aromatic rings. The third kappa shape index (κ3) is 5.79. The molecule has 0 bridgehead atoms. The molecule has 0 saturated carbocycles. The summed E-state index contributed by atoms with van der Waals surface area (Å²) in [6, 6.07) is 32.3. The summed E-state index contributed by atoms with van der Waals surface area (Å²) in [6.07, 6.45) is 3.55. The molecule has 4 aliphatic rings. The van der Waals surface area contributed by atoms with Crippen LogP contribution >= 0.6 is 0 Å². The van der Waals surface area contributed by atoms with Gasteiger partial charge in [0.1, 0.15) is 0 Å². The van der Waals surface area contributed by atoms with Gasteiger partial charge in [0.2, 0.25) is 0 Å². The Labute approximate surface area is 351 Å². The van der Waals surface area contributed by atoms with Crippen molar-refractivity contribution in [3.05, 3.63) is 123 Å². The zero-order chi connectivity index (χ0) is 41.9. The van der Waals surface area contributed by atoms with Gasteiger partial charge in [-0.05, 0) is 169 Å². The van der Waals surface area contributed by atoms with Gasteiger partial charge in [0.25, 0.3) is 6.71 Å². The highest BCUT2D eigenvalue weighted by Gasteiger charge is 2.49. The van der Waals surface area contributed by atoms with Crippen molar-refractivity contribution in [2.75, 3.05) is 9.80 Å². The molecule has 0 spiro atoms. The van der Waals surface area contributed by atoms with E-state index in [1.165, 1.54) is 108 Å². The topological polar surface area (TPSA) is 6.48 Å². The predicted octanol–water partition coefficient (Wildman–Crippen LogP) is 13.3. The molecule has 0 radical (unpaired) electrons. The van der Waals surface area contributed by atoms with E-state index in [4.69, 9.17) is 0 Å². The fraction of sp³-hybridized carbons (Fsp3) is 0.455. The van der Waals surface area contributed by atoms with Crippen molar-refractivity contribution in [1.82, 2.24) is 0 Å². The maximum Gasteiger partial charge on any atom is 0.252 e. The van der Waals surface area contributed by atoms with Gasteiger partial charge in [-0.3, -0.25) is 0 Å². The van der Waals surface area contributed by atoms with Crippen LogP contribution in [0, 0.1) is 13.8 Å². The van der Waals surface area contributed by atoms with E-state index in [1.54, 1.807) is 0 Å². The van der Waals surface area contributed by atoms with Gasteiger partial charge in [-0.25, -0.2) is 0 Å². The fourth-order valence-corrected chi connectivity index (χ4v) is 11.7. The number of anilines is 6. The van der Waals surface area contributed by atoms with Gasteiger partial charge in [0, 0.05) is 34.1 Å². The van der Waals surface area contributed by atoms with Crippen molar-refractivity contribution in [2.45, 2.75) is 163 Å². The lowest BCUT2D eigenvalue weighted by molar-refractivity contribution is 0.332. The molecule has 58 heavy (non-hydrogen) atoms. The minimum absolute atomic E-state index is 0.0128. The smallest absolute Gasteiger partial charge is 0.252 e. The van der Waals surface area contributed by atoms with E-state index in [9.17, 15) is 0 Å². The van der Waals surface area contributed by atoms with Crippen LogP contribution in [-0.2, 0) is 32.5 Å². The normalized spacial score (nSPS) is 19.3. The Morgan fingerprint density at radius 2 is 0.948 bits per heavy atom. The molecule has 0 unspecified atom stereocenters.